The molecule has 1 aliphatic rings. The molecule has 0 spiro atoms. The summed E-state index contributed by atoms with van der Waals surface area (Å²) in [7, 11) is 2.31. The van der Waals surface area contributed by atoms with Crippen LogP contribution >= 0.6 is 11.8 Å². The van der Waals surface area contributed by atoms with Crippen molar-refractivity contribution in [2.24, 2.45) is 17.6 Å². The minimum absolute atomic E-state index is 0.266. The third-order valence-corrected chi connectivity index (χ3v) is 6.13. The summed E-state index contributed by atoms with van der Waals surface area (Å²) < 4.78 is 0. The van der Waals surface area contributed by atoms with E-state index in [9.17, 15) is 0 Å². The van der Waals surface area contributed by atoms with E-state index in [2.05, 4.69) is 39.0 Å². The Labute approximate surface area is 124 Å². The van der Waals surface area contributed by atoms with E-state index in [-0.39, 0.29) is 5.54 Å². The van der Waals surface area contributed by atoms with Crippen LogP contribution in [0.1, 0.15) is 52.9 Å². The largest absolute Gasteiger partial charge is 0.329 e. The van der Waals surface area contributed by atoms with E-state index in [4.69, 9.17) is 5.73 Å². The van der Waals surface area contributed by atoms with Crippen LogP contribution in [0.25, 0.3) is 0 Å². The van der Waals surface area contributed by atoms with Gasteiger partial charge in [-0.1, -0.05) is 20.8 Å². The number of thioether (sulfide) groups is 1. The fourth-order valence-corrected chi connectivity index (χ4v) is 4.47. The summed E-state index contributed by atoms with van der Waals surface area (Å²) in [4.78, 5) is 2.63. The fraction of sp³-hybridized carbons (Fsp3) is 1.00. The average molecular weight is 287 g/mol. The maximum absolute atomic E-state index is 6.20. The lowest BCUT2D eigenvalue weighted by atomic mass is 9.71. The predicted molar refractivity (Wildman–Crippen MR) is 88.8 cm³/mol. The highest BCUT2D eigenvalue weighted by atomic mass is 32.2. The number of rotatable bonds is 7. The van der Waals surface area contributed by atoms with E-state index in [0.717, 1.165) is 18.4 Å². The number of nitrogens with zero attached hydrogens (tertiary/aromatic N) is 1. The van der Waals surface area contributed by atoms with Gasteiger partial charge in [0.25, 0.3) is 0 Å². The van der Waals surface area contributed by atoms with Crippen molar-refractivity contribution in [3.05, 3.63) is 0 Å². The van der Waals surface area contributed by atoms with E-state index < -0.39 is 0 Å². The molecule has 0 aliphatic heterocycles. The lowest BCUT2D eigenvalue weighted by Crippen LogP contribution is -2.58. The highest BCUT2D eigenvalue weighted by molar-refractivity contribution is 7.98. The minimum Gasteiger partial charge on any atom is -0.329 e. The molecule has 0 aromatic rings. The van der Waals surface area contributed by atoms with Crippen molar-refractivity contribution in [1.82, 2.24) is 4.90 Å². The molecule has 2 N–H and O–H groups in total. The van der Waals surface area contributed by atoms with Crippen molar-refractivity contribution in [3.8, 4) is 0 Å². The third-order valence-electron chi connectivity index (χ3n) is 5.41. The summed E-state index contributed by atoms with van der Waals surface area (Å²) in [6.45, 7) is 7.86. The second kappa shape index (κ2) is 7.90. The van der Waals surface area contributed by atoms with Crippen LogP contribution in [0, 0.1) is 11.8 Å². The molecule has 1 rings (SSSR count). The monoisotopic (exact) mass is 286 g/mol. The molecule has 1 atom stereocenters. The molecule has 1 fully saturated rings. The zero-order valence-electron chi connectivity index (χ0n) is 13.6. The van der Waals surface area contributed by atoms with Gasteiger partial charge in [0.2, 0.25) is 0 Å². The van der Waals surface area contributed by atoms with Crippen molar-refractivity contribution in [2.45, 2.75) is 64.5 Å². The first-order valence-electron chi connectivity index (χ1n) is 7.92. The van der Waals surface area contributed by atoms with Crippen molar-refractivity contribution in [2.75, 3.05) is 25.6 Å². The molecule has 1 aliphatic carbocycles. The molecule has 0 aromatic heterocycles. The number of nitrogens with two attached hydrogens (primary N) is 1. The van der Waals surface area contributed by atoms with Gasteiger partial charge < -0.3 is 5.73 Å². The van der Waals surface area contributed by atoms with Crippen molar-refractivity contribution in [1.29, 1.82) is 0 Å². The van der Waals surface area contributed by atoms with E-state index in [0.29, 0.717) is 6.04 Å². The Balaban J connectivity index is 2.70. The molecule has 1 unspecified atom stereocenters. The number of hydrogen-bond acceptors (Lipinski definition) is 3. The standard InChI is InChI=1S/C16H34N2S/c1-6-15(11-19-5)18(4)16(12-17)9-7-14(8-10-16)13(2)3/h13-15H,6-12,17H2,1-5H3. The summed E-state index contributed by atoms with van der Waals surface area (Å²) in [5.41, 5.74) is 6.47. The van der Waals surface area contributed by atoms with Crippen molar-refractivity contribution in [3.63, 3.8) is 0 Å². The Morgan fingerprint density at radius 2 is 1.89 bits per heavy atom. The molecule has 2 nitrogen and oxygen atoms in total. The van der Waals surface area contributed by atoms with Gasteiger partial charge in [-0.2, -0.15) is 11.8 Å². The first-order valence-corrected chi connectivity index (χ1v) is 9.32. The normalized spacial score (nSPS) is 30.0. The third kappa shape index (κ3) is 4.12. The Morgan fingerprint density at radius 3 is 2.26 bits per heavy atom. The van der Waals surface area contributed by atoms with Crippen LogP contribution < -0.4 is 5.73 Å². The second-order valence-electron chi connectivity index (χ2n) is 6.64. The van der Waals surface area contributed by atoms with E-state index in [1.165, 1.54) is 37.9 Å². The quantitative estimate of drug-likeness (QED) is 0.775. The SMILES string of the molecule is CCC(CSC)N(C)C1(CN)CCC(C(C)C)CC1. The van der Waals surface area contributed by atoms with Crippen molar-refractivity contribution < 1.29 is 0 Å². The van der Waals surface area contributed by atoms with Gasteiger partial charge in [-0.15, -0.1) is 0 Å². The molecule has 0 aromatic carbocycles. The van der Waals surface area contributed by atoms with Crippen LogP contribution in [0.2, 0.25) is 0 Å². The van der Waals surface area contributed by atoms with E-state index >= 15 is 0 Å². The summed E-state index contributed by atoms with van der Waals surface area (Å²) in [6.07, 6.45) is 8.72. The predicted octanol–water partition coefficient (Wildman–Crippen LogP) is 3.60. The topological polar surface area (TPSA) is 29.3 Å². The maximum Gasteiger partial charge on any atom is 0.0332 e. The summed E-state index contributed by atoms with van der Waals surface area (Å²) in [6, 6.07) is 0.675. The summed E-state index contributed by atoms with van der Waals surface area (Å²) in [5.74, 6) is 2.96. The molecule has 1 saturated carbocycles. The smallest absolute Gasteiger partial charge is 0.0332 e. The number of likely N-dealkylation sites (N-methyl/N-ethyl adjacent to an activating group) is 1. The molecule has 3 heteroatoms. The summed E-state index contributed by atoms with van der Waals surface area (Å²) >= 11 is 1.96. The lowest BCUT2D eigenvalue weighted by molar-refractivity contribution is 0.0290. The second-order valence-corrected chi connectivity index (χ2v) is 7.55. The van der Waals surface area contributed by atoms with Gasteiger partial charge in [-0.05, 0) is 57.2 Å². The molecule has 19 heavy (non-hydrogen) atoms. The Hall–Kier alpha value is 0.270. The van der Waals surface area contributed by atoms with Gasteiger partial charge in [0.05, 0.1) is 0 Å². The Kier molecular flexibility index (Phi) is 7.20. The molecule has 0 saturated heterocycles. The Morgan fingerprint density at radius 1 is 1.32 bits per heavy atom. The van der Waals surface area contributed by atoms with Crippen LogP contribution in [0.4, 0.5) is 0 Å². The van der Waals surface area contributed by atoms with Crippen LogP contribution in [0.15, 0.2) is 0 Å². The molecule has 0 heterocycles. The van der Waals surface area contributed by atoms with Gasteiger partial charge in [0.1, 0.15) is 0 Å². The molecule has 0 bridgehead atoms. The van der Waals surface area contributed by atoms with Gasteiger partial charge >= 0.3 is 0 Å². The van der Waals surface area contributed by atoms with Gasteiger partial charge in [0, 0.05) is 23.9 Å². The lowest BCUT2D eigenvalue weighted by Gasteiger charge is -2.49. The molecular formula is C16H34N2S. The first kappa shape index (κ1) is 17.3. The van der Waals surface area contributed by atoms with Crippen LogP contribution in [-0.2, 0) is 0 Å². The van der Waals surface area contributed by atoms with Crippen LogP contribution in [0.5, 0.6) is 0 Å². The van der Waals surface area contributed by atoms with Crippen molar-refractivity contribution >= 4 is 11.8 Å². The number of hydrogen-bond donors (Lipinski definition) is 1. The van der Waals surface area contributed by atoms with Gasteiger partial charge in [-0.25, -0.2) is 0 Å². The van der Waals surface area contributed by atoms with Gasteiger partial charge in [0.15, 0.2) is 0 Å². The first-order chi connectivity index (χ1) is 9.00. The zero-order chi connectivity index (χ0) is 14.5. The average Bonchev–Trinajstić information content (AvgIpc) is 2.44. The van der Waals surface area contributed by atoms with Crippen LogP contribution in [0.3, 0.4) is 0 Å². The highest BCUT2D eigenvalue weighted by Crippen LogP contribution is 2.39. The van der Waals surface area contributed by atoms with Gasteiger partial charge in [-0.3, -0.25) is 4.90 Å². The molecule has 114 valence electrons. The van der Waals surface area contributed by atoms with E-state index in [1.807, 2.05) is 11.8 Å². The Bertz CT molecular complexity index is 247. The zero-order valence-corrected chi connectivity index (χ0v) is 14.4. The molecule has 0 radical (unpaired) electrons. The maximum atomic E-state index is 6.20. The molecule has 0 amide bonds. The fourth-order valence-electron chi connectivity index (χ4n) is 3.63. The highest BCUT2D eigenvalue weighted by Gasteiger charge is 2.40. The molecular weight excluding hydrogens is 252 g/mol. The van der Waals surface area contributed by atoms with E-state index in [1.54, 1.807) is 0 Å². The van der Waals surface area contributed by atoms with Crippen LogP contribution in [-0.4, -0.2) is 42.1 Å². The summed E-state index contributed by atoms with van der Waals surface area (Å²) in [5, 5.41) is 0. The minimum atomic E-state index is 0.266.